The van der Waals surface area contributed by atoms with Crippen molar-refractivity contribution in [3.05, 3.63) is 0 Å². The molecule has 4 nitrogen and oxygen atoms in total. The first kappa shape index (κ1) is 9.39. The van der Waals surface area contributed by atoms with Gasteiger partial charge in [-0.15, -0.1) is 0 Å². The highest BCUT2D eigenvalue weighted by Gasteiger charge is 2.14. The highest BCUT2D eigenvalue weighted by atomic mass is 16.7. The molecule has 0 aliphatic heterocycles. The van der Waals surface area contributed by atoms with Gasteiger partial charge in [-0.05, 0) is 12.8 Å². The van der Waals surface area contributed by atoms with E-state index in [9.17, 15) is 4.79 Å². The Kier molecular flexibility index (Phi) is 4.88. The number of hydrazine groups is 1. The summed E-state index contributed by atoms with van der Waals surface area (Å²) < 4.78 is 0. The molecule has 0 aliphatic carbocycles. The summed E-state index contributed by atoms with van der Waals surface area (Å²) in [5.41, 5.74) is 1.87. The van der Waals surface area contributed by atoms with Crippen LogP contribution in [0.15, 0.2) is 0 Å². The molecule has 0 saturated heterocycles. The molecule has 10 heavy (non-hydrogen) atoms. The Labute approximate surface area is 60.7 Å². The van der Waals surface area contributed by atoms with Crippen LogP contribution in [0.4, 0.5) is 0 Å². The number of rotatable bonds is 4. The first-order chi connectivity index (χ1) is 4.76. The largest absolute Gasteiger partial charge is 0.356 e. The van der Waals surface area contributed by atoms with Gasteiger partial charge in [0.05, 0.1) is 5.92 Å². The number of carbonyl (C=O) groups excluding carboxylic acids is 1. The van der Waals surface area contributed by atoms with Crippen LogP contribution in [0.1, 0.15) is 26.7 Å². The first-order valence-electron chi connectivity index (χ1n) is 3.42. The average Bonchev–Trinajstić information content (AvgIpc) is 1.91. The van der Waals surface area contributed by atoms with E-state index < -0.39 is 0 Å². The Balaban J connectivity index is 3.65. The molecule has 0 saturated carbocycles. The molecule has 0 aliphatic rings. The third kappa shape index (κ3) is 2.80. The summed E-state index contributed by atoms with van der Waals surface area (Å²) in [5, 5.41) is 0. The van der Waals surface area contributed by atoms with E-state index in [-0.39, 0.29) is 11.9 Å². The van der Waals surface area contributed by atoms with Crippen LogP contribution in [0, 0.1) is 5.92 Å². The zero-order valence-electron chi connectivity index (χ0n) is 6.39. The molecule has 0 heterocycles. The zero-order valence-corrected chi connectivity index (χ0v) is 6.39. The number of carbonyl (C=O) groups is 1. The van der Waals surface area contributed by atoms with Gasteiger partial charge in [-0.1, -0.05) is 19.4 Å². The summed E-state index contributed by atoms with van der Waals surface area (Å²) in [4.78, 5) is 15.2. The lowest BCUT2D eigenvalue weighted by atomic mass is 10.0. The molecule has 0 unspecified atom stereocenters. The van der Waals surface area contributed by atoms with Gasteiger partial charge >= 0.3 is 5.97 Å². The topological polar surface area (TPSA) is 64.3 Å². The molecule has 0 aromatic rings. The fraction of sp³-hybridized carbons (Fsp3) is 0.833. The molecule has 0 spiro atoms. The minimum atomic E-state index is -0.285. The Bertz CT molecular complexity index is 102. The van der Waals surface area contributed by atoms with Crippen molar-refractivity contribution in [2.45, 2.75) is 26.7 Å². The van der Waals surface area contributed by atoms with Gasteiger partial charge in [-0.2, -0.15) is 0 Å². The predicted molar refractivity (Wildman–Crippen MR) is 37.5 cm³/mol. The Morgan fingerprint density at radius 3 is 2.40 bits per heavy atom. The van der Waals surface area contributed by atoms with Gasteiger partial charge in [-0.25, -0.2) is 10.6 Å². The van der Waals surface area contributed by atoms with Crippen molar-refractivity contribution in [3.63, 3.8) is 0 Å². The van der Waals surface area contributed by atoms with E-state index >= 15 is 0 Å². The van der Waals surface area contributed by atoms with Crippen LogP contribution in [0.5, 0.6) is 0 Å². The van der Waals surface area contributed by atoms with Crippen LogP contribution in [-0.4, -0.2) is 5.97 Å². The van der Waals surface area contributed by atoms with E-state index in [0.717, 1.165) is 12.8 Å². The first-order valence-corrected chi connectivity index (χ1v) is 3.42. The van der Waals surface area contributed by atoms with E-state index in [0.29, 0.717) is 0 Å². The molecular formula is C6H14N2O2. The summed E-state index contributed by atoms with van der Waals surface area (Å²) in [5.74, 6) is 4.47. The minimum Gasteiger partial charge on any atom is -0.356 e. The van der Waals surface area contributed by atoms with Crippen LogP contribution >= 0.6 is 0 Å². The number of hydrogen-bond acceptors (Lipinski definition) is 4. The van der Waals surface area contributed by atoms with Gasteiger partial charge in [-0.3, -0.25) is 0 Å². The highest BCUT2D eigenvalue weighted by Crippen LogP contribution is 2.07. The minimum absolute atomic E-state index is 0.0314. The molecular weight excluding hydrogens is 132 g/mol. The number of hydrogen-bond donors (Lipinski definition) is 2. The maximum absolute atomic E-state index is 10.8. The van der Waals surface area contributed by atoms with Crippen molar-refractivity contribution < 1.29 is 9.63 Å². The van der Waals surface area contributed by atoms with Crippen LogP contribution in [-0.2, 0) is 9.63 Å². The fourth-order valence-electron chi connectivity index (χ4n) is 0.763. The lowest BCUT2D eigenvalue weighted by molar-refractivity contribution is -0.156. The summed E-state index contributed by atoms with van der Waals surface area (Å²) in [7, 11) is 0. The van der Waals surface area contributed by atoms with E-state index in [2.05, 4.69) is 4.84 Å². The average molecular weight is 146 g/mol. The van der Waals surface area contributed by atoms with Gasteiger partial charge in [0.1, 0.15) is 0 Å². The molecule has 0 aromatic carbocycles. The second kappa shape index (κ2) is 5.20. The molecule has 4 heteroatoms. The van der Waals surface area contributed by atoms with Crippen molar-refractivity contribution in [1.29, 1.82) is 0 Å². The van der Waals surface area contributed by atoms with E-state index in [1.165, 1.54) is 0 Å². The second-order valence-corrected chi connectivity index (χ2v) is 2.05. The van der Waals surface area contributed by atoms with Gasteiger partial charge in [0, 0.05) is 0 Å². The molecule has 60 valence electrons. The van der Waals surface area contributed by atoms with Gasteiger partial charge in [0.15, 0.2) is 0 Å². The fourth-order valence-corrected chi connectivity index (χ4v) is 0.763. The summed E-state index contributed by atoms with van der Waals surface area (Å²) in [6.45, 7) is 3.87. The Morgan fingerprint density at radius 2 is 2.10 bits per heavy atom. The Hall–Kier alpha value is -0.610. The zero-order chi connectivity index (χ0) is 7.98. The van der Waals surface area contributed by atoms with Gasteiger partial charge in [0.2, 0.25) is 0 Å². The van der Waals surface area contributed by atoms with E-state index in [1.54, 1.807) is 0 Å². The molecule has 0 radical (unpaired) electrons. The molecule has 0 rings (SSSR count). The highest BCUT2D eigenvalue weighted by molar-refractivity contribution is 5.71. The van der Waals surface area contributed by atoms with Crippen molar-refractivity contribution in [2.24, 2.45) is 11.8 Å². The molecule has 0 fully saturated rings. The lowest BCUT2D eigenvalue weighted by Gasteiger charge is -2.08. The number of nitrogens with one attached hydrogen (secondary N) is 1. The van der Waals surface area contributed by atoms with Crippen molar-refractivity contribution >= 4 is 5.97 Å². The molecule has 0 atom stereocenters. The quantitative estimate of drug-likeness (QED) is 0.443. The normalized spacial score (nSPS) is 10.0. The van der Waals surface area contributed by atoms with Gasteiger partial charge in [0.25, 0.3) is 0 Å². The second-order valence-electron chi connectivity index (χ2n) is 2.05. The van der Waals surface area contributed by atoms with Crippen LogP contribution in [0.3, 0.4) is 0 Å². The number of nitrogens with two attached hydrogens (primary N) is 1. The molecule has 0 bridgehead atoms. The Morgan fingerprint density at radius 1 is 1.60 bits per heavy atom. The van der Waals surface area contributed by atoms with Crippen LogP contribution < -0.4 is 11.4 Å². The maximum Gasteiger partial charge on any atom is 0.329 e. The lowest BCUT2D eigenvalue weighted by Crippen LogP contribution is -2.29. The summed E-state index contributed by atoms with van der Waals surface area (Å²) >= 11 is 0. The standard InChI is InChI=1S/C6H14N2O2/c1-3-5(4-2)6(9)10-8-7/h5,8H,3-4,7H2,1-2H3. The SMILES string of the molecule is CCC(CC)C(=O)ONN. The van der Waals surface area contributed by atoms with Crippen molar-refractivity contribution in [3.8, 4) is 0 Å². The summed E-state index contributed by atoms with van der Waals surface area (Å²) in [6, 6.07) is 0. The van der Waals surface area contributed by atoms with Crippen molar-refractivity contribution in [1.82, 2.24) is 5.59 Å². The van der Waals surface area contributed by atoms with E-state index in [1.807, 2.05) is 19.4 Å². The third-order valence-electron chi connectivity index (χ3n) is 1.48. The van der Waals surface area contributed by atoms with Crippen molar-refractivity contribution in [2.75, 3.05) is 0 Å². The smallest absolute Gasteiger partial charge is 0.329 e. The van der Waals surface area contributed by atoms with E-state index in [4.69, 9.17) is 5.84 Å². The molecule has 3 N–H and O–H groups in total. The molecule has 0 amide bonds. The predicted octanol–water partition coefficient (Wildman–Crippen LogP) is 0.344. The van der Waals surface area contributed by atoms with Crippen LogP contribution in [0.2, 0.25) is 0 Å². The van der Waals surface area contributed by atoms with Crippen LogP contribution in [0.25, 0.3) is 0 Å². The summed E-state index contributed by atoms with van der Waals surface area (Å²) in [6.07, 6.45) is 1.58. The molecule has 0 aromatic heterocycles. The maximum atomic E-state index is 10.8. The third-order valence-corrected chi connectivity index (χ3v) is 1.48. The van der Waals surface area contributed by atoms with Gasteiger partial charge < -0.3 is 4.84 Å². The monoisotopic (exact) mass is 146 g/mol.